The maximum atomic E-state index is 12.6. The summed E-state index contributed by atoms with van der Waals surface area (Å²) in [6, 6.07) is 5.03. The molecule has 1 aromatic carbocycles. The average molecular weight is 272 g/mol. The van der Waals surface area contributed by atoms with Crippen molar-refractivity contribution in [3.63, 3.8) is 0 Å². The highest BCUT2D eigenvalue weighted by Crippen LogP contribution is 2.30. The van der Waals surface area contributed by atoms with Gasteiger partial charge in [0.1, 0.15) is 0 Å². The minimum Gasteiger partial charge on any atom is -0.290 e. The molecule has 2 nitrogen and oxygen atoms in total. The van der Waals surface area contributed by atoms with E-state index in [0.29, 0.717) is 5.69 Å². The topological polar surface area (TPSA) is 28.8 Å². The smallest absolute Gasteiger partial charge is 0.290 e. The van der Waals surface area contributed by atoms with Crippen LogP contribution in [0.15, 0.2) is 24.3 Å². The quantitative estimate of drug-likeness (QED) is 0.821. The number of thiazole rings is 1. The molecule has 96 valence electrons. The monoisotopic (exact) mass is 272 g/mol. The fraction of sp³-hybridized carbons (Fsp3) is 0.250. The second-order valence-electron chi connectivity index (χ2n) is 3.93. The molecular formula is C12H11F3N2S. The Hall–Kier alpha value is -1.56. The Morgan fingerprint density at radius 1 is 1.22 bits per heavy atom. The van der Waals surface area contributed by atoms with Crippen LogP contribution in [0.25, 0.3) is 5.69 Å². The number of hydrogen-bond donors (Lipinski definition) is 1. The van der Waals surface area contributed by atoms with E-state index >= 15 is 0 Å². The molecule has 0 saturated carbocycles. The lowest BCUT2D eigenvalue weighted by Crippen LogP contribution is -2.14. The van der Waals surface area contributed by atoms with Crippen molar-refractivity contribution >= 4 is 11.3 Å². The number of rotatable bonds is 1. The van der Waals surface area contributed by atoms with Crippen LogP contribution in [0.1, 0.15) is 16.1 Å². The molecule has 0 atom stereocenters. The number of nitrogens with zero attached hydrogens (tertiary/aromatic N) is 1. The summed E-state index contributed by atoms with van der Waals surface area (Å²) in [7, 11) is 0. The van der Waals surface area contributed by atoms with Crippen molar-refractivity contribution < 1.29 is 13.2 Å². The van der Waals surface area contributed by atoms with Crippen molar-refractivity contribution in [3.05, 3.63) is 45.2 Å². The molecule has 18 heavy (non-hydrogen) atoms. The fourth-order valence-electron chi connectivity index (χ4n) is 1.71. The summed E-state index contributed by atoms with van der Waals surface area (Å²) in [5.74, 6) is 0. The minimum atomic E-state index is -4.36. The van der Waals surface area contributed by atoms with Gasteiger partial charge in [0.25, 0.3) is 0 Å². The van der Waals surface area contributed by atoms with E-state index in [0.717, 1.165) is 22.7 Å². The molecule has 0 radical (unpaired) electrons. The Kier molecular flexibility index (Phi) is 3.06. The molecule has 0 saturated heterocycles. The van der Waals surface area contributed by atoms with Crippen molar-refractivity contribution in [2.24, 2.45) is 0 Å². The number of halogens is 3. The van der Waals surface area contributed by atoms with Gasteiger partial charge >= 0.3 is 6.18 Å². The van der Waals surface area contributed by atoms with E-state index < -0.39 is 11.7 Å². The van der Waals surface area contributed by atoms with Crippen LogP contribution in [-0.4, -0.2) is 4.57 Å². The molecule has 0 amide bonds. The summed E-state index contributed by atoms with van der Waals surface area (Å²) in [5.41, 5.74) is 0.469. The largest absolute Gasteiger partial charge is 0.416 e. The van der Waals surface area contributed by atoms with Crippen LogP contribution in [0.2, 0.25) is 0 Å². The molecule has 2 aromatic rings. The molecule has 0 bridgehead atoms. The van der Waals surface area contributed by atoms with Gasteiger partial charge in [-0.2, -0.15) is 13.2 Å². The first-order valence-electron chi connectivity index (χ1n) is 5.22. The number of benzene rings is 1. The zero-order valence-electron chi connectivity index (χ0n) is 9.80. The Labute approximate surface area is 106 Å². The first-order valence-corrected chi connectivity index (χ1v) is 6.03. The lowest BCUT2D eigenvalue weighted by Gasteiger charge is -2.10. The van der Waals surface area contributed by atoms with E-state index in [9.17, 15) is 13.2 Å². The summed E-state index contributed by atoms with van der Waals surface area (Å²) in [6.45, 7) is 3.65. The molecule has 0 unspecified atom stereocenters. The van der Waals surface area contributed by atoms with Crippen LogP contribution < -0.4 is 4.80 Å². The number of nitrogens with one attached hydrogen (secondary N) is 1. The van der Waals surface area contributed by atoms with Gasteiger partial charge in [0.2, 0.25) is 0 Å². The predicted molar refractivity (Wildman–Crippen MR) is 64.0 cm³/mol. The van der Waals surface area contributed by atoms with Gasteiger partial charge in [0.05, 0.1) is 5.56 Å². The number of aryl methyl sites for hydroxylation is 1. The van der Waals surface area contributed by atoms with Gasteiger partial charge in [0, 0.05) is 16.3 Å². The number of aromatic nitrogens is 1. The molecule has 2 rings (SSSR count). The number of alkyl halides is 3. The van der Waals surface area contributed by atoms with Crippen LogP contribution in [-0.2, 0) is 6.18 Å². The number of hydrogen-bond acceptors (Lipinski definition) is 2. The SMILES string of the molecule is Cc1sc(=N)n(-c2cccc(C(F)(F)F)c2)c1C. The van der Waals surface area contributed by atoms with Crippen LogP contribution in [0, 0.1) is 19.3 Å². The maximum absolute atomic E-state index is 12.6. The lowest BCUT2D eigenvalue weighted by atomic mass is 10.2. The van der Waals surface area contributed by atoms with Crippen LogP contribution in [0.3, 0.4) is 0 Å². The predicted octanol–water partition coefficient (Wildman–Crippen LogP) is 3.65. The Bertz CT molecular complexity index is 638. The molecule has 6 heteroatoms. The highest BCUT2D eigenvalue weighted by Gasteiger charge is 2.30. The van der Waals surface area contributed by atoms with E-state index in [2.05, 4.69) is 0 Å². The summed E-state index contributed by atoms with van der Waals surface area (Å²) < 4.78 is 39.4. The van der Waals surface area contributed by atoms with Crippen molar-refractivity contribution in [2.45, 2.75) is 20.0 Å². The molecule has 0 aliphatic rings. The van der Waals surface area contributed by atoms with Crippen molar-refractivity contribution in [2.75, 3.05) is 0 Å². The summed E-state index contributed by atoms with van der Waals surface area (Å²) in [6.07, 6.45) is -4.36. The molecule has 0 aliphatic carbocycles. The third-order valence-corrected chi connectivity index (χ3v) is 3.71. The first-order chi connectivity index (χ1) is 8.30. The normalized spacial score (nSPS) is 11.8. The third kappa shape index (κ3) is 2.20. The lowest BCUT2D eigenvalue weighted by molar-refractivity contribution is -0.137. The van der Waals surface area contributed by atoms with Crippen LogP contribution in [0.4, 0.5) is 13.2 Å². The zero-order chi connectivity index (χ0) is 13.5. The zero-order valence-corrected chi connectivity index (χ0v) is 10.6. The highest BCUT2D eigenvalue weighted by molar-refractivity contribution is 7.09. The van der Waals surface area contributed by atoms with Crippen molar-refractivity contribution in [1.82, 2.24) is 4.57 Å². The van der Waals surface area contributed by atoms with E-state index in [1.807, 2.05) is 6.92 Å². The molecule has 0 spiro atoms. The van der Waals surface area contributed by atoms with Gasteiger partial charge in [-0.1, -0.05) is 6.07 Å². The summed E-state index contributed by atoms with van der Waals surface area (Å²) >= 11 is 1.25. The van der Waals surface area contributed by atoms with Crippen LogP contribution >= 0.6 is 11.3 Å². The van der Waals surface area contributed by atoms with Gasteiger partial charge in [0.15, 0.2) is 4.80 Å². The second kappa shape index (κ2) is 4.28. The Morgan fingerprint density at radius 3 is 2.39 bits per heavy atom. The Balaban J connectivity index is 2.62. The summed E-state index contributed by atoms with van der Waals surface area (Å²) in [4.78, 5) is 1.15. The average Bonchev–Trinajstić information content (AvgIpc) is 2.52. The van der Waals surface area contributed by atoms with Gasteiger partial charge < -0.3 is 0 Å². The van der Waals surface area contributed by atoms with E-state index in [1.54, 1.807) is 13.0 Å². The molecule has 0 aliphatic heterocycles. The van der Waals surface area contributed by atoms with Gasteiger partial charge in [-0.05, 0) is 32.0 Å². The molecule has 1 aromatic heterocycles. The second-order valence-corrected chi connectivity index (χ2v) is 5.14. The maximum Gasteiger partial charge on any atom is 0.416 e. The molecule has 1 heterocycles. The van der Waals surface area contributed by atoms with Crippen molar-refractivity contribution in [3.8, 4) is 5.69 Å². The third-order valence-electron chi connectivity index (χ3n) is 2.73. The van der Waals surface area contributed by atoms with E-state index in [-0.39, 0.29) is 4.80 Å². The molecule has 0 fully saturated rings. The van der Waals surface area contributed by atoms with Gasteiger partial charge in [-0.15, -0.1) is 11.3 Å². The Morgan fingerprint density at radius 2 is 1.89 bits per heavy atom. The van der Waals surface area contributed by atoms with Gasteiger partial charge in [-0.25, -0.2) is 0 Å². The summed E-state index contributed by atoms with van der Waals surface area (Å²) in [5, 5.41) is 7.80. The first kappa shape index (κ1) is 12.9. The van der Waals surface area contributed by atoms with Gasteiger partial charge in [-0.3, -0.25) is 9.98 Å². The van der Waals surface area contributed by atoms with Crippen molar-refractivity contribution in [1.29, 1.82) is 5.41 Å². The molecular weight excluding hydrogens is 261 g/mol. The standard InChI is InChI=1S/C12H11F3N2S/c1-7-8(2)18-11(16)17(7)10-5-3-4-9(6-10)12(13,14)15/h3-6,16H,1-2H3. The van der Waals surface area contributed by atoms with Crippen LogP contribution in [0.5, 0.6) is 0 Å². The minimum absolute atomic E-state index is 0.226. The van der Waals surface area contributed by atoms with E-state index in [1.165, 1.54) is 22.0 Å². The fourth-order valence-corrected chi connectivity index (χ4v) is 2.57. The highest BCUT2D eigenvalue weighted by atomic mass is 32.1. The molecule has 1 N–H and O–H groups in total. The van der Waals surface area contributed by atoms with E-state index in [4.69, 9.17) is 5.41 Å².